The summed E-state index contributed by atoms with van der Waals surface area (Å²) in [5, 5.41) is 0. The van der Waals surface area contributed by atoms with E-state index in [4.69, 9.17) is 9.97 Å². The molecule has 0 amide bonds. The van der Waals surface area contributed by atoms with Crippen LogP contribution in [0.15, 0.2) is 48.5 Å². The number of pyridine rings is 2. The second kappa shape index (κ2) is 4.01. The molecule has 2 heterocycles. The van der Waals surface area contributed by atoms with Gasteiger partial charge in [0.1, 0.15) is 0 Å². The van der Waals surface area contributed by atoms with Crippen LogP contribution in [0.3, 0.4) is 0 Å². The lowest BCUT2D eigenvalue weighted by Gasteiger charge is -2.29. The molecule has 4 rings (SSSR count). The van der Waals surface area contributed by atoms with Gasteiger partial charge in [-0.05, 0) is 36.1 Å². The fourth-order valence-corrected chi connectivity index (χ4v) is 2.84. The van der Waals surface area contributed by atoms with E-state index in [1.807, 2.05) is 12.1 Å². The maximum absolute atomic E-state index is 4.74. The minimum atomic E-state index is 0.951. The number of nitrogens with zero attached hydrogens (tertiary/aromatic N) is 2. The van der Waals surface area contributed by atoms with Gasteiger partial charge >= 0.3 is 0 Å². The van der Waals surface area contributed by atoms with E-state index in [0.717, 1.165) is 22.8 Å². The molecule has 0 unspecified atom stereocenters. The van der Waals surface area contributed by atoms with E-state index in [0.29, 0.717) is 0 Å². The second-order valence-corrected chi connectivity index (χ2v) is 5.30. The molecule has 0 radical (unpaired) electrons. The van der Waals surface area contributed by atoms with Crippen molar-refractivity contribution in [1.29, 1.82) is 0 Å². The van der Waals surface area contributed by atoms with Gasteiger partial charge in [-0.1, -0.05) is 48.5 Å². The Morgan fingerprint density at radius 1 is 0.600 bits per heavy atom. The molecule has 2 heteroatoms. The molecule has 4 aliphatic rings. The minimum Gasteiger partial charge on any atom is -0.658 e. The molecule has 0 saturated carbocycles. The topological polar surface area (TPSA) is 28.2 Å². The molecular formula is C18H14N2-2. The zero-order valence-electron chi connectivity index (χ0n) is 11.5. The summed E-state index contributed by atoms with van der Waals surface area (Å²) in [6, 6.07) is 16.7. The summed E-state index contributed by atoms with van der Waals surface area (Å²) in [7, 11) is 0. The predicted molar refractivity (Wildman–Crippen MR) is 81.2 cm³/mol. The molecule has 0 N–H and O–H groups in total. The molecule has 0 aromatic heterocycles. The minimum absolute atomic E-state index is 0.951. The molecule has 0 aromatic carbocycles. The molecule has 0 fully saturated rings. The van der Waals surface area contributed by atoms with Gasteiger partial charge in [0.05, 0.1) is 0 Å². The fraction of sp³-hybridized carbons (Fsp3) is 0.111. The van der Waals surface area contributed by atoms with Crippen LogP contribution in [-0.2, 0) is 0 Å². The Morgan fingerprint density at radius 3 is 1.50 bits per heavy atom. The lowest BCUT2D eigenvalue weighted by molar-refractivity contribution is 1.20. The smallest absolute Gasteiger partial charge is 0.0375 e. The van der Waals surface area contributed by atoms with Crippen molar-refractivity contribution in [2.24, 2.45) is 0 Å². The van der Waals surface area contributed by atoms with Gasteiger partial charge in [-0.25, -0.2) is 0 Å². The summed E-state index contributed by atoms with van der Waals surface area (Å²) < 4.78 is 0. The fourth-order valence-electron chi connectivity index (χ4n) is 2.84. The highest BCUT2D eigenvalue weighted by Crippen LogP contribution is 2.31. The number of rotatable bonds is 1. The van der Waals surface area contributed by atoms with Gasteiger partial charge < -0.3 is 9.97 Å². The lowest BCUT2D eigenvalue weighted by atomic mass is 10.0. The normalized spacial score (nSPS) is 11.5. The Balaban J connectivity index is 1.97. The quantitative estimate of drug-likeness (QED) is 0.514. The van der Waals surface area contributed by atoms with Crippen LogP contribution in [0.4, 0.5) is 0 Å². The number of aryl methyl sites for hydroxylation is 2. The highest BCUT2D eigenvalue weighted by atomic mass is 14.8. The SMILES string of the molecule is Cc1cc(-c2cc(C)c3cccc-3[n-]2)[n-]c2cccc1-2. The molecule has 0 aromatic rings. The van der Waals surface area contributed by atoms with Crippen molar-refractivity contribution in [1.82, 2.24) is 9.97 Å². The van der Waals surface area contributed by atoms with Gasteiger partial charge in [-0.2, -0.15) is 11.4 Å². The Labute approximate surface area is 118 Å². The number of hydrogen-bond donors (Lipinski definition) is 0. The van der Waals surface area contributed by atoms with Gasteiger partial charge in [0.2, 0.25) is 0 Å². The Kier molecular flexibility index (Phi) is 2.27. The van der Waals surface area contributed by atoms with Gasteiger partial charge in [0.15, 0.2) is 0 Å². The molecule has 0 saturated heterocycles. The first kappa shape index (κ1) is 11.4. The summed E-state index contributed by atoms with van der Waals surface area (Å²) in [6.07, 6.45) is 0. The van der Waals surface area contributed by atoms with Crippen molar-refractivity contribution in [3.63, 3.8) is 0 Å². The first-order valence-electron chi connectivity index (χ1n) is 6.79. The highest BCUT2D eigenvalue weighted by Gasteiger charge is 2.02. The molecule has 20 heavy (non-hydrogen) atoms. The molecule has 0 atom stereocenters. The number of hydrogen-bond acceptors (Lipinski definition) is 0. The van der Waals surface area contributed by atoms with Crippen molar-refractivity contribution in [2.75, 3.05) is 0 Å². The van der Waals surface area contributed by atoms with Crippen molar-refractivity contribution in [2.45, 2.75) is 13.8 Å². The molecule has 2 aliphatic heterocycles. The van der Waals surface area contributed by atoms with E-state index in [9.17, 15) is 0 Å². The average molecular weight is 258 g/mol. The van der Waals surface area contributed by atoms with Crippen molar-refractivity contribution in [3.8, 4) is 33.9 Å². The summed E-state index contributed by atoms with van der Waals surface area (Å²) in [5.41, 5.74) is 8.93. The molecule has 2 nitrogen and oxygen atoms in total. The van der Waals surface area contributed by atoms with Gasteiger partial charge in [0, 0.05) is 0 Å². The largest absolute Gasteiger partial charge is 0.658 e. The summed E-state index contributed by atoms with van der Waals surface area (Å²) in [6.45, 7) is 4.25. The van der Waals surface area contributed by atoms with E-state index in [-0.39, 0.29) is 0 Å². The van der Waals surface area contributed by atoms with Crippen molar-refractivity contribution >= 4 is 0 Å². The Hall–Kier alpha value is -2.48. The maximum Gasteiger partial charge on any atom is -0.0375 e. The Bertz CT molecular complexity index is 763. The monoisotopic (exact) mass is 258 g/mol. The van der Waals surface area contributed by atoms with Crippen LogP contribution < -0.4 is 9.97 Å². The van der Waals surface area contributed by atoms with E-state index in [1.54, 1.807) is 0 Å². The molecule has 0 bridgehead atoms. The average Bonchev–Trinajstić information content (AvgIpc) is 3.06. The standard InChI is InChI=1S/C18H14N2/c1-11-9-17(19-15-7-3-5-13(11)15)18-10-12(2)14-6-4-8-16(14)20-18/h3-10H,1-2H3/q-2. The maximum atomic E-state index is 4.74. The van der Waals surface area contributed by atoms with Crippen LogP contribution in [0.2, 0.25) is 0 Å². The third kappa shape index (κ3) is 1.58. The van der Waals surface area contributed by atoms with Crippen LogP contribution in [-0.4, -0.2) is 0 Å². The van der Waals surface area contributed by atoms with Crippen molar-refractivity contribution in [3.05, 3.63) is 59.7 Å². The second-order valence-electron chi connectivity index (χ2n) is 5.30. The summed E-state index contributed by atoms with van der Waals surface area (Å²) in [4.78, 5) is 9.47. The van der Waals surface area contributed by atoms with Gasteiger partial charge in [0.25, 0.3) is 0 Å². The summed E-state index contributed by atoms with van der Waals surface area (Å²) in [5.74, 6) is 0. The van der Waals surface area contributed by atoms with Crippen LogP contribution in [0, 0.1) is 13.8 Å². The molecule has 0 spiro atoms. The van der Waals surface area contributed by atoms with E-state index in [1.165, 1.54) is 22.3 Å². The zero-order valence-corrected chi connectivity index (χ0v) is 11.5. The molecule has 2 aliphatic carbocycles. The van der Waals surface area contributed by atoms with Crippen LogP contribution in [0.5, 0.6) is 0 Å². The van der Waals surface area contributed by atoms with E-state index >= 15 is 0 Å². The number of fused-ring (bicyclic) bond motifs is 2. The first-order valence-corrected chi connectivity index (χ1v) is 6.79. The summed E-state index contributed by atoms with van der Waals surface area (Å²) >= 11 is 0. The number of aromatic nitrogens is 2. The molecular weight excluding hydrogens is 244 g/mol. The highest BCUT2D eigenvalue weighted by molar-refractivity contribution is 5.75. The first-order chi connectivity index (χ1) is 9.72. The van der Waals surface area contributed by atoms with Gasteiger partial charge in [-0.15, -0.1) is 11.4 Å². The van der Waals surface area contributed by atoms with Crippen LogP contribution >= 0.6 is 0 Å². The third-order valence-corrected chi connectivity index (χ3v) is 3.89. The third-order valence-electron chi connectivity index (χ3n) is 3.89. The van der Waals surface area contributed by atoms with E-state index < -0.39 is 0 Å². The van der Waals surface area contributed by atoms with Crippen LogP contribution in [0.25, 0.3) is 33.9 Å². The Morgan fingerprint density at radius 2 is 1.05 bits per heavy atom. The van der Waals surface area contributed by atoms with E-state index in [2.05, 4.69) is 50.2 Å². The van der Waals surface area contributed by atoms with Crippen molar-refractivity contribution < 1.29 is 0 Å². The zero-order chi connectivity index (χ0) is 13.7. The van der Waals surface area contributed by atoms with Gasteiger partial charge in [-0.3, -0.25) is 0 Å². The molecule has 98 valence electrons. The lowest BCUT2D eigenvalue weighted by Crippen LogP contribution is -1.99. The predicted octanol–water partition coefficient (Wildman–Crippen LogP) is 4.09. The van der Waals surface area contributed by atoms with Crippen LogP contribution in [0.1, 0.15) is 11.1 Å².